The highest BCUT2D eigenvalue weighted by Gasteiger charge is 2.18. The van der Waals surface area contributed by atoms with Gasteiger partial charge in [-0.05, 0) is 6.42 Å². The van der Waals surface area contributed by atoms with Crippen LogP contribution in [0.2, 0.25) is 0 Å². The summed E-state index contributed by atoms with van der Waals surface area (Å²) in [6.07, 6.45) is 2.86. The molecule has 0 aromatic heterocycles. The minimum atomic E-state index is -4.81. The largest absolute Gasteiger partial charge is 0.687 e. The van der Waals surface area contributed by atoms with Gasteiger partial charge in [0.05, 0.1) is 14.2 Å². The van der Waals surface area contributed by atoms with Crippen LogP contribution in [0.15, 0.2) is 0 Å². The maximum absolute atomic E-state index is 10.7. The fourth-order valence-electron chi connectivity index (χ4n) is 1.62. The van der Waals surface area contributed by atoms with Gasteiger partial charge in [-0.3, -0.25) is 4.89 Å². The van der Waals surface area contributed by atoms with Crippen LogP contribution in [0.3, 0.4) is 0 Å². The molecule has 1 N–H and O–H groups in total. The molecule has 0 atom stereocenters. The average molecular weight is 300 g/mol. The standard InChI is InChI=1S/C9H23NO6P2/c1-2-3-4-5-6-7-10(8-17(11,12)13)9-18(14,15)16/h2-9H2,1H3,(H2,11,12,13)(H2,14,15,16)/p-3. The molecule has 0 bridgehead atoms. The lowest BCUT2D eigenvalue weighted by atomic mass is 10.1. The van der Waals surface area contributed by atoms with Crippen molar-refractivity contribution in [3.05, 3.63) is 0 Å². The lowest BCUT2D eigenvalue weighted by Gasteiger charge is -2.46. The molecule has 18 heavy (non-hydrogen) atoms. The molecule has 0 heterocycles. The number of rotatable bonds is 10. The van der Waals surface area contributed by atoms with E-state index >= 15 is 0 Å². The minimum absolute atomic E-state index is 0.172. The van der Waals surface area contributed by atoms with Crippen molar-refractivity contribution in [3.8, 4) is 0 Å². The smallest absolute Gasteiger partial charge is 0.131 e. The monoisotopic (exact) mass is 300 g/mol. The summed E-state index contributed by atoms with van der Waals surface area (Å²) in [6.45, 7) is 2.22. The molecule has 0 aromatic rings. The van der Waals surface area contributed by atoms with Crippen LogP contribution in [0.4, 0.5) is 0 Å². The first-order chi connectivity index (χ1) is 8.14. The van der Waals surface area contributed by atoms with Crippen molar-refractivity contribution >= 4 is 15.9 Å². The summed E-state index contributed by atoms with van der Waals surface area (Å²) in [5, 5.41) is 0. The summed E-state index contributed by atoms with van der Waals surface area (Å²) in [4.78, 5) is 62.9. The molecule has 0 aliphatic carbocycles. The fourth-order valence-corrected chi connectivity index (χ4v) is 3.26. The Morgan fingerprint density at radius 2 is 1.44 bits per heavy atom. The Labute approximate surface area is 109 Å². The maximum atomic E-state index is 10.7. The zero-order valence-corrected chi connectivity index (χ0v) is 12.3. The highest BCUT2D eigenvalue weighted by Crippen LogP contribution is 2.38. The lowest BCUT2D eigenvalue weighted by Crippen LogP contribution is -2.44. The first-order valence-corrected chi connectivity index (χ1v) is 9.39. The van der Waals surface area contributed by atoms with E-state index in [9.17, 15) is 24.5 Å². The van der Waals surface area contributed by atoms with Gasteiger partial charge >= 0.3 is 0 Å². The first-order valence-electron chi connectivity index (χ1n) is 5.90. The molecule has 110 valence electrons. The Morgan fingerprint density at radius 3 is 1.89 bits per heavy atom. The highest BCUT2D eigenvalue weighted by atomic mass is 31.2. The number of nitrogens with zero attached hydrogens (tertiary/aromatic N) is 1. The molecule has 0 rings (SSSR count). The number of hydrogen-bond donors (Lipinski definition) is 1. The van der Waals surface area contributed by atoms with E-state index < -0.39 is 28.5 Å². The lowest BCUT2D eigenvalue weighted by molar-refractivity contribution is -0.429. The highest BCUT2D eigenvalue weighted by molar-refractivity contribution is 7.56. The third-order valence-electron chi connectivity index (χ3n) is 2.33. The molecule has 0 amide bonds. The van der Waals surface area contributed by atoms with Crippen LogP contribution in [0.5, 0.6) is 0 Å². The zero-order chi connectivity index (χ0) is 14.2. The van der Waals surface area contributed by atoms with Crippen molar-refractivity contribution in [2.75, 3.05) is 19.1 Å². The van der Waals surface area contributed by atoms with Gasteiger partial charge in [-0.1, -0.05) is 32.6 Å². The molecule has 0 radical (unpaired) electrons. The van der Waals surface area contributed by atoms with Crippen LogP contribution in [0.1, 0.15) is 39.0 Å². The van der Waals surface area contributed by atoms with Gasteiger partial charge < -0.3 is 24.5 Å². The first kappa shape index (κ1) is 18.6. The molecule has 0 fully saturated rings. The fraction of sp³-hybridized carbons (Fsp3) is 1.00. The Balaban J connectivity index is 4.06. The Kier molecular flexibility index (Phi) is 8.97. The Morgan fingerprint density at radius 1 is 0.889 bits per heavy atom. The van der Waals surface area contributed by atoms with Crippen LogP contribution >= 0.6 is 15.9 Å². The normalized spacial score (nSPS) is 13.3. The van der Waals surface area contributed by atoms with E-state index in [1.807, 2.05) is 0 Å². The minimum Gasteiger partial charge on any atom is -0.687 e. The molecule has 0 saturated carbocycles. The van der Waals surface area contributed by atoms with Crippen molar-refractivity contribution in [2.24, 2.45) is 0 Å². The predicted octanol–water partition coefficient (Wildman–Crippen LogP) is -2.51. The van der Waals surface area contributed by atoms with Crippen LogP contribution in [0, 0.1) is 0 Å². The maximum Gasteiger partial charge on any atom is 0.131 e. The van der Waals surface area contributed by atoms with E-state index in [0.717, 1.165) is 30.6 Å². The molecule has 7 nitrogen and oxygen atoms in total. The molecule has 0 saturated heterocycles. The van der Waals surface area contributed by atoms with E-state index in [-0.39, 0.29) is 6.54 Å². The van der Waals surface area contributed by atoms with E-state index in [1.165, 1.54) is 0 Å². The molecule has 9 heteroatoms. The second-order valence-corrected chi connectivity index (χ2v) is 7.40. The Hall–Kier alpha value is 0.580. The molecular weight excluding hydrogens is 280 g/mol. The van der Waals surface area contributed by atoms with Gasteiger partial charge in [0.25, 0.3) is 0 Å². The van der Waals surface area contributed by atoms with Crippen molar-refractivity contribution in [3.63, 3.8) is 0 Å². The molecule has 0 aliphatic heterocycles. The average Bonchev–Trinajstić information content (AvgIpc) is 2.12. The third-order valence-corrected chi connectivity index (χ3v) is 3.83. The predicted molar refractivity (Wildman–Crippen MR) is 61.3 cm³/mol. The van der Waals surface area contributed by atoms with E-state index in [1.54, 1.807) is 0 Å². The quantitative estimate of drug-likeness (QED) is 0.347. The van der Waals surface area contributed by atoms with Gasteiger partial charge in [-0.15, -0.1) is 7.94 Å². The topological polar surface area (TPSA) is 139 Å². The molecule has 0 spiro atoms. The van der Waals surface area contributed by atoms with Crippen LogP contribution in [-0.4, -0.2) is 28.9 Å². The van der Waals surface area contributed by atoms with Gasteiger partial charge in [0.2, 0.25) is 0 Å². The van der Waals surface area contributed by atoms with Gasteiger partial charge in [-0.2, -0.15) is 0 Å². The summed E-state index contributed by atoms with van der Waals surface area (Å²) >= 11 is 0. The summed E-state index contributed by atoms with van der Waals surface area (Å²) < 4.78 is 0. The van der Waals surface area contributed by atoms with Crippen LogP contribution in [-0.2, 0) is 0 Å². The summed E-state index contributed by atoms with van der Waals surface area (Å²) in [5.74, 6) is 0. The van der Waals surface area contributed by atoms with E-state index in [2.05, 4.69) is 6.92 Å². The second kappa shape index (κ2) is 8.69. The summed E-state index contributed by atoms with van der Waals surface area (Å²) in [5.41, 5.74) is 0. The van der Waals surface area contributed by atoms with Gasteiger partial charge in [0.1, 0.15) is 6.29 Å². The van der Waals surface area contributed by atoms with Gasteiger partial charge in [0, 0.05) is 6.54 Å². The van der Waals surface area contributed by atoms with Crippen LogP contribution in [0.25, 0.3) is 0 Å². The van der Waals surface area contributed by atoms with Gasteiger partial charge in [-0.25, -0.2) is 4.90 Å². The second-order valence-electron chi connectivity index (χ2n) is 4.34. The summed E-state index contributed by atoms with van der Waals surface area (Å²) in [7, 11) is -9.41. The molecular formula is C9H20NO6P2-3. The zero-order valence-electron chi connectivity index (χ0n) is 10.5. The number of unbranched alkanes of at least 4 members (excludes halogenated alkanes) is 4. The van der Waals surface area contributed by atoms with E-state index in [4.69, 9.17) is 4.89 Å². The summed E-state index contributed by atoms with van der Waals surface area (Å²) in [6, 6.07) is 0. The van der Waals surface area contributed by atoms with Crippen molar-refractivity contribution < 1.29 is 29.4 Å². The molecule has 0 aromatic carbocycles. The SMILES string of the molecule is CCCCCCCN(C[P+]([O-])([O-])[O-])C[P+]([O-])([O-])O. The van der Waals surface area contributed by atoms with E-state index in [0.29, 0.717) is 6.42 Å². The molecule has 0 aliphatic rings. The third kappa shape index (κ3) is 13.0. The Bertz CT molecular complexity index is 202. The van der Waals surface area contributed by atoms with Gasteiger partial charge in [0.15, 0.2) is 0 Å². The number of hydrogen-bond acceptors (Lipinski definition) is 7. The van der Waals surface area contributed by atoms with Crippen molar-refractivity contribution in [1.29, 1.82) is 0 Å². The molecule has 0 unspecified atom stereocenters. The van der Waals surface area contributed by atoms with Crippen molar-refractivity contribution in [1.82, 2.24) is 4.90 Å². The van der Waals surface area contributed by atoms with Crippen molar-refractivity contribution in [2.45, 2.75) is 39.0 Å². The van der Waals surface area contributed by atoms with Crippen LogP contribution < -0.4 is 24.5 Å².